The van der Waals surface area contributed by atoms with Crippen molar-refractivity contribution < 1.29 is 23.8 Å². The molecule has 0 bridgehead atoms. The Hall–Kier alpha value is -4.00. The quantitative estimate of drug-likeness (QED) is 0.432. The lowest BCUT2D eigenvalue weighted by Crippen LogP contribution is -2.50. The molecule has 2 fully saturated rings. The molecular weight excluding hydrogens is 509 g/mol. The van der Waals surface area contributed by atoms with Gasteiger partial charge >= 0.3 is 6.09 Å². The maximum atomic E-state index is 13.4. The van der Waals surface area contributed by atoms with E-state index in [0.29, 0.717) is 12.8 Å². The highest BCUT2D eigenvalue weighted by molar-refractivity contribution is 6.00. The Bertz CT molecular complexity index is 1470. The van der Waals surface area contributed by atoms with Crippen LogP contribution in [0.3, 0.4) is 0 Å². The van der Waals surface area contributed by atoms with Gasteiger partial charge in [0, 0.05) is 25.4 Å². The highest BCUT2D eigenvalue weighted by atomic mass is 19.1. The average molecular weight is 542 g/mol. The summed E-state index contributed by atoms with van der Waals surface area (Å²) in [6.07, 6.45) is 2.59. The number of carbonyl (C=O) groups is 2. The normalized spacial score (nSPS) is 22.5. The maximum absolute atomic E-state index is 13.4. The summed E-state index contributed by atoms with van der Waals surface area (Å²) in [5.74, 6) is -0.0648. The first kappa shape index (κ1) is 26.6. The van der Waals surface area contributed by atoms with Gasteiger partial charge in [-0.1, -0.05) is 0 Å². The minimum atomic E-state index is -0.916. The Morgan fingerprint density at radius 3 is 2.62 bits per heavy atom. The van der Waals surface area contributed by atoms with Crippen molar-refractivity contribution in [1.29, 1.82) is 0 Å². The van der Waals surface area contributed by atoms with Gasteiger partial charge in [0.1, 0.15) is 34.7 Å². The van der Waals surface area contributed by atoms with Crippen LogP contribution in [-0.4, -0.2) is 67.2 Å². The summed E-state index contributed by atoms with van der Waals surface area (Å²) in [7, 11) is 1.50. The van der Waals surface area contributed by atoms with Gasteiger partial charge in [-0.3, -0.25) is 14.5 Å². The zero-order chi connectivity index (χ0) is 28.1. The lowest BCUT2D eigenvalue weighted by Gasteiger charge is -2.32. The van der Waals surface area contributed by atoms with Crippen molar-refractivity contribution in [3.05, 3.63) is 46.5 Å². The van der Waals surface area contributed by atoms with E-state index in [-0.39, 0.29) is 59.0 Å². The molecule has 3 aromatic rings. The maximum Gasteiger partial charge on any atom is 0.415 e. The molecule has 2 atom stereocenters. The van der Waals surface area contributed by atoms with E-state index in [1.165, 1.54) is 33.3 Å². The van der Waals surface area contributed by atoms with Gasteiger partial charge in [-0.15, -0.1) is 0 Å². The lowest BCUT2D eigenvalue weighted by atomic mass is 9.89. The van der Waals surface area contributed by atoms with Gasteiger partial charge in [0.25, 0.3) is 11.5 Å². The highest BCUT2D eigenvalue weighted by Crippen LogP contribution is 2.34. The van der Waals surface area contributed by atoms with Crippen molar-refractivity contribution in [2.45, 2.75) is 76.4 Å². The second-order valence-electron chi connectivity index (χ2n) is 11.0. The van der Waals surface area contributed by atoms with Crippen LogP contribution in [0.5, 0.6) is 0 Å². The Morgan fingerprint density at radius 1 is 1.26 bits per heavy atom. The molecule has 2 aliphatic rings. The number of aromatic nitrogens is 4. The van der Waals surface area contributed by atoms with Crippen molar-refractivity contribution in [1.82, 2.24) is 24.5 Å². The van der Waals surface area contributed by atoms with Crippen LogP contribution >= 0.6 is 0 Å². The van der Waals surface area contributed by atoms with Crippen molar-refractivity contribution in [2.75, 3.05) is 17.3 Å². The van der Waals surface area contributed by atoms with Crippen molar-refractivity contribution in [3.63, 3.8) is 0 Å². The van der Waals surface area contributed by atoms with Crippen molar-refractivity contribution in [3.8, 4) is 0 Å². The number of rotatable bonds is 6. The zero-order valence-electron chi connectivity index (χ0n) is 22.2. The predicted molar refractivity (Wildman–Crippen MR) is 141 cm³/mol. The van der Waals surface area contributed by atoms with Gasteiger partial charge < -0.3 is 25.0 Å². The number of aliphatic hydroxyl groups excluding tert-OH is 1. The molecule has 208 valence electrons. The number of fused-ring (bicyclic) bond motifs is 1. The molecular formula is C26H32FN7O5. The molecule has 2 amide bonds. The number of hydrogen-bond donors (Lipinski definition) is 3. The van der Waals surface area contributed by atoms with Gasteiger partial charge in [-0.2, -0.15) is 9.61 Å². The standard InChI is InChI=1S/C26H32FN7O5/c1-26(2,3)39-25(38)32(4)21-12-20(29-18-6-5-9-33(24(18)37)15-10-14(27)11-15)31-22-16(13-28-34(21)22)23(36)30-17-7-8-19(17)35/h5-6,9,12-15,17,19,35H,7-8,10-11H2,1-4H3,(H,29,31)(H,30,36)/t14-,15-,17?,19-/m0/s1. The van der Waals surface area contributed by atoms with Gasteiger partial charge in [0.2, 0.25) is 0 Å². The number of aliphatic hydroxyl groups is 1. The fourth-order valence-corrected chi connectivity index (χ4v) is 4.51. The van der Waals surface area contributed by atoms with Crippen LogP contribution in [0, 0.1) is 0 Å². The van der Waals surface area contributed by atoms with E-state index >= 15 is 0 Å². The first-order valence-electron chi connectivity index (χ1n) is 12.9. The van der Waals surface area contributed by atoms with E-state index in [2.05, 4.69) is 20.7 Å². The molecule has 0 radical (unpaired) electrons. The van der Waals surface area contributed by atoms with Crippen LogP contribution in [0.25, 0.3) is 5.65 Å². The zero-order valence-corrected chi connectivity index (χ0v) is 22.2. The van der Waals surface area contributed by atoms with Crippen LogP contribution in [-0.2, 0) is 4.74 Å². The molecule has 13 heteroatoms. The highest BCUT2D eigenvalue weighted by Gasteiger charge is 2.33. The van der Waals surface area contributed by atoms with Gasteiger partial charge in [0.05, 0.1) is 18.3 Å². The summed E-state index contributed by atoms with van der Waals surface area (Å²) in [6, 6.07) is 4.19. The Labute approximate surface area is 223 Å². The SMILES string of the molecule is CN(C(=O)OC(C)(C)C)c1cc(Nc2cccn([C@H]3C[C@H](F)C3)c2=O)nc2c(C(=O)NC3CC[C@@H]3O)cnn12. The van der Waals surface area contributed by atoms with Crippen LogP contribution < -0.4 is 21.1 Å². The topological polar surface area (TPSA) is 143 Å². The molecule has 0 spiro atoms. The number of hydrogen-bond acceptors (Lipinski definition) is 8. The van der Waals surface area contributed by atoms with Crippen LogP contribution in [0.4, 0.5) is 26.5 Å². The number of carbonyl (C=O) groups excluding carboxylic acids is 2. The second-order valence-corrected chi connectivity index (χ2v) is 11.0. The van der Waals surface area contributed by atoms with Crippen LogP contribution in [0.1, 0.15) is 62.9 Å². The smallest absolute Gasteiger partial charge is 0.415 e. The molecule has 0 aliphatic heterocycles. The third-order valence-electron chi connectivity index (χ3n) is 6.95. The monoisotopic (exact) mass is 541 g/mol. The largest absolute Gasteiger partial charge is 0.443 e. The summed E-state index contributed by atoms with van der Waals surface area (Å²) >= 11 is 0. The number of anilines is 3. The van der Waals surface area contributed by atoms with Gasteiger partial charge in [-0.05, 0) is 58.6 Å². The summed E-state index contributed by atoms with van der Waals surface area (Å²) in [6.45, 7) is 5.23. The third-order valence-corrected chi connectivity index (χ3v) is 6.95. The average Bonchev–Trinajstić information content (AvgIpc) is 3.28. The Balaban J connectivity index is 1.53. The van der Waals surface area contributed by atoms with Gasteiger partial charge in [0.15, 0.2) is 5.65 Å². The van der Waals surface area contributed by atoms with Crippen LogP contribution in [0.15, 0.2) is 35.4 Å². The molecule has 12 nitrogen and oxygen atoms in total. The second kappa shape index (κ2) is 9.95. The molecule has 3 N–H and O–H groups in total. The molecule has 0 saturated heterocycles. The first-order chi connectivity index (χ1) is 18.4. The molecule has 2 saturated carbocycles. The summed E-state index contributed by atoms with van der Waals surface area (Å²) in [5, 5.41) is 20.0. The third kappa shape index (κ3) is 5.31. The van der Waals surface area contributed by atoms with E-state index in [4.69, 9.17) is 4.74 Å². The number of nitrogens with one attached hydrogen (secondary N) is 2. The fraction of sp³-hybridized carbons (Fsp3) is 0.500. The number of nitrogens with zero attached hydrogens (tertiary/aromatic N) is 5. The summed E-state index contributed by atoms with van der Waals surface area (Å²) < 4.78 is 21.8. The number of ether oxygens (including phenoxy) is 1. The van der Waals surface area contributed by atoms with E-state index in [0.717, 1.165) is 0 Å². The van der Waals surface area contributed by atoms with Crippen molar-refractivity contribution in [2.24, 2.45) is 0 Å². The predicted octanol–water partition coefficient (Wildman–Crippen LogP) is 2.93. The van der Waals surface area contributed by atoms with E-state index in [1.54, 1.807) is 39.1 Å². The molecule has 1 unspecified atom stereocenters. The van der Waals surface area contributed by atoms with E-state index in [9.17, 15) is 23.9 Å². The number of alkyl halides is 1. The molecule has 5 rings (SSSR count). The minimum absolute atomic E-state index is 0.130. The molecule has 2 aliphatic carbocycles. The van der Waals surface area contributed by atoms with Crippen molar-refractivity contribution >= 4 is 35.0 Å². The van der Waals surface area contributed by atoms with E-state index in [1.807, 2.05) is 0 Å². The molecule has 3 aromatic heterocycles. The molecule has 0 aromatic carbocycles. The van der Waals surface area contributed by atoms with Crippen LogP contribution in [0.2, 0.25) is 0 Å². The minimum Gasteiger partial charge on any atom is -0.443 e. The number of pyridine rings is 1. The number of amides is 2. The molecule has 39 heavy (non-hydrogen) atoms. The first-order valence-corrected chi connectivity index (χ1v) is 12.9. The van der Waals surface area contributed by atoms with Gasteiger partial charge in [-0.25, -0.2) is 14.2 Å². The fourth-order valence-electron chi connectivity index (χ4n) is 4.51. The summed E-state index contributed by atoms with van der Waals surface area (Å²) in [4.78, 5) is 44.9. The van der Waals surface area contributed by atoms with E-state index < -0.39 is 29.9 Å². The molecule has 3 heterocycles. The lowest BCUT2D eigenvalue weighted by molar-refractivity contribution is 0.0448. The Morgan fingerprint density at radius 2 is 2.00 bits per heavy atom. The summed E-state index contributed by atoms with van der Waals surface area (Å²) in [5.41, 5.74) is -0.640. The Kier molecular flexibility index (Phi) is 6.79. The number of halogens is 1.